The number of hydrogen-bond acceptors (Lipinski definition) is 4. The van der Waals surface area contributed by atoms with Gasteiger partial charge in [0.15, 0.2) is 5.96 Å². The number of halogens is 2. The third-order valence-electron chi connectivity index (χ3n) is 3.10. The molecule has 0 aliphatic heterocycles. The lowest BCUT2D eigenvalue weighted by Gasteiger charge is -2.11. The van der Waals surface area contributed by atoms with Gasteiger partial charge in [0.05, 0.1) is 9.15 Å². The minimum absolute atomic E-state index is 0. The fourth-order valence-electron chi connectivity index (χ4n) is 1.96. The summed E-state index contributed by atoms with van der Waals surface area (Å²) in [5.74, 6) is 1.70. The van der Waals surface area contributed by atoms with Crippen molar-refractivity contribution in [3.63, 3.8) is 0 Å². The third kappa shape index (κ3) is 8.67. The topological polar surface area (TPSA) is 58.8 Å². The number of nitrogens with zero attached hydrogens (tertiary/aromatic N) is 1. The zero-order valence-electron chi connectivity index (χ0n) is 13.6. The normalized spacial score (nSPS) is 11.2. The van der Waals surface area contributed by atoms with E-state index in [1.165, 1.54) is 7.76 Å². The second kappa shape index (κ2) is 13.0. The number of guanidine groups is 1. The molecule has 0 spiro atoms. The largest absolute Gasteiger partial charge is 0.467 e. The van der Waals surface area contributed by atoms with Crippen molar-refractivity contribution in [2.45, 2.75) is 19.4 Å². The van der Waals surface area contributed by atoms with Crippen molar-refractivity contribution in [1.29, 1.82) is 0 Å². The molecule has 0 saturated heterocycles. The first-order chi connectivity index (χ1) is 11.3. The number of thiophene rings is 1. The highest BCUT2D eigenvalue weighted by molar-refractivity contribution is 14.1. The molecule has 5 nitrogen and oxygen atoms in total. The Morgan fingerprint density at radius 1 is 1.29 bits per heavy atom. The Balaban J connectivity index is 0.00000288. The number of aliphatic imine (C=N–C) groups is 1. The zero-order chi connectivity index (χ0) is 16.3. The van der Waals surface area contributed by atoms with Gasteiger partial charge in [-0.15, -0.1) is 35.3 Å². The quantitative estimate of drug-likeness (QED) is 0.207. The molecule has 0 atom stereocenters. The van der Waals surface area contributed by atoms with Crippen LogP contribution in [0.4, 0.5) is 0 Å². The van der Waals surface area contributed by atoms with Crippen LogP contribution in [0.25, 0.3) is 0 Å². The van der Waals surface area contributed by atoms with E-state index in [1.54, 1.807) is 13.3 Å². The number of nitrogens with one attached hydrogen (secondary N) is 2. The summed E-state index contributed by atoms with van der Waals surface area (Å²) in [4.78, 5) is 5.62. The lowest BCUT2D eigenvalue weighted by atomic mass is 10.3. The Bertz CT molecular complexity index is 588. The summed E-state index contributed by atoms with van der Waals surface area (Å²) in [5.41, 5.74) is 0. The van der Waals surface area contributed by atoms with Crippen LogP contribution in [0.15, 0.2) is 39.9 Å². The molecule has 24 heavy (non-hydrogen) atoms. The van der Waals surface area contributed by atoms with Gasteiger partial charge in [0.25, 0.3) is 0 Å². The van der Waals surface area contributed by atoms with Gasteiger partial charge in [-0.2, -0.15) is 0 Å². The standard InChI is InChI=1S/C16H22IN3O2S.HI/c1-18-16(20-9-7-14-5-6-15(17)23-14)19-8-3-10-21-12-13-4-2-11-22-13;/h2,4-6,11H,3,7-10,12H2,1H3,(H2,18,19,20);1H. The van der Waals surface area contributed by atoms with E-state index in [9.17, 15) is 0 Å². The monoisotopic (exact) mass is 575 g/mol. The van der Waals surface area contributed by atoms with E-state index in [2.05, 4.69) is 50.3 Å². The van der Waals surface area contributed by atoms with Crippen molar-refractivity contribution in [2.24, 2.45) is 4.99 Å². The summed E-state index contributed by atoms with van der Waals surface area (Å²) in [6.45, 7) is 2.93. The first kappa shape index (κ1) is 21.7. The van der Waals surface area contributed by atoms with Crippen LogP contribution in [-0.2, 0) is 17.8 Å². The first-order valence-corrected chi connectivity index (χ1v) is 9.46. The Hall–Kier alpha value is -0.330. The smallest absolute Gasteiger partial charge is 0.190 e. The van der Waals surface area contributed by atoms with E-state index >= 15 is 0 Å². The molecule has 2 rings (SSSR count). The summed E-state index contributed by atoms with van der Waals surface area (Å²) in [5, 5.41) is 6.62. The van der Waals surface area contributed by atoms with Crippen molar-refractivity contribution in [3.05, 3.63) is 44.0 Å². The summed E-state index contributed by atoms with van der Waals surface area (Å²) in [7, 11) is 1.79. The Kier molecular flexibility index (Phi) is 11.7. The van der Waals surface area contributed by atoms with Crippen molar-refractivity contribution >= 4 is 63.9 Å². The predicted octanol–water partition coefficient (Wildman–Crippen LogP) is 3.88. The van der Waals surface area contributed by atoms with Crippen LogP contribution in [0.5, 0.6) is 0 Å². The van der Waals surface area contributed by atoms with Gasteiger partial charge in [-0.05, 0) is 59.7 Å². The molecule has 0 radical (unpaired) electrons. The highest BCUT2D eigenvalue weighted by atomic mass is 127. The van der Waals surface area contributed by atoms with E-state index in [0.717, 1.165) is 37.7 Å². The number of ether oxygens (including phenoxy) is 1. The molecule has 8 heteroatoms. The molecule has 134 valence electrons. The Labute approximate surface area is 177 Å². The number of rotatable bonds is 9. The molecular formula is C16H23I2N3O2S. The molecule has 0 amide bonds. The molecule has 2 aromatic heterocycles. The van der Waals surface area contributed by atoms with Gasteiger partial charge < -0.3 is 19.8 Å². The van der Waals surface area contributed by atoms with E-state index < -0.39 is 0 Å². The minimum atomic E-state index is 0. The zero-order valence-corrected chi connectivity index (χ0v) is 18.9. The number of furan rings is 1. The second-order valence-electron chi connectivity index (χ2n) is 4.87. The van der Waals surface area contributed by atoms with Gasteiger partial charge in [-0.1, -0.05) is 0 Å². The van der Waals surface area contributed by atoms with E-state index in [-0.39, 0.29) is 24.0 Å². The van der Waals surface area contributed by atoms with Crippen LogP contribution in [0.1, 0.15) is 17.1 Å². The highest BCUT2D eigenvalue weighted by Gasteiger charge is 2.00. The molecule has 0 aliphatic carbocycles. The average molecular weight is 575 g/mol. The maximum atomic E-state index is 5.54. The van der Waals surface area contributed by atoms with Crippen LogP contribution >= 0.6 is 57.9 Å². The molecule has 0 aliphatic rings. The molecular weight excluding hydrogens is 552 g/mol. The van der Waals surface area contributed by atoms with Crippen LogP contribution < -0.4 is 10.6 Å². The van der Waals surface area contributed by atoms with E-state index in [4.69, 9.17) is 9.15 Å². The Morgan fingerprint density at radius 2 is 2.12 bits per heavy atom. The lowest BCUT2D eigenvalue weighted by Crippen LogP contribution is -2.38. The molecule has 0 aromatic carbocycles. The second-order valence-corrected chi connectivity index (χ2v) is 7.93. The average Bonchev–Trinajstić information content (AvgIpc) is 3.20. The maximum absolute atomic E-state index is 5.54. The van der Waals surface area contributed by atoms with Crippen LogP contribution in [0.3, 0.4) is 0 Å². The SMILES string of the molecule is CN=C(NCCCOCc1ccco1)NCCc1ccc(I)s1.I. The minimum Gasteiger partial charge on any atom is -0.467 e. The van der Waals surface area contributed by atoms with Crippen LogP contribution in [-0.4, -0.2) is 32.7 Å². The fourth-order valence-corrected chi connectivity index (χ4v) is 3.71. The molecule has 0 bridgehead atoms. The third-order valence-corrected chi connectivity index (χ3v) is 5.05. The molecule has 0 fully saturated rings. The van der Waals surface area contributed by atoms with Gasteiger partial charge in [0.2, 0.25) is 0 Å². The van der Waals surface area contributed by atoms with Gasteiger partial charge in [0.1, 0.15) is 12.4 Å². The number of hydrogen-bond donors (Lipinski definition) is 2. The fraction of sp³-hybridized carbons (Fsp3) is 0.438. The van der Waals surface area contributed by atoms with Gasteiger partial charge in [0, 0.05) is 31.6 Å². The van der Waals surface area contributed by atoms with Gasteiger partial charge in [-0.3, -0.25) is 4.99 Å². The van der Waals surface area contributed by atoms with Crippen molar-refractivity contribution in [2.75, 3.05) is 26.7 Å². The van der Waals surface area contributed by atoms with Crippen molar-refractivity contribution < 1.29 is 9.15 Å². The maximum Gasteiger partial charge on any atom is 0.190 e. The summed E-state index contributed by atoms with van der Waals surface area (Å²) in [6.07, 6.45) is 3.60. The van der Waals surface area contributed by atoms with Gasteiger partial charge >= 0.3 is 0 Å². The highest BCUT2D eigenvalue weighted by Crippen LogP contribution is 2.18. The van der Waals surface area contributed by atoms with E-state index in [1.807, 2.05) is 23.5 Å². The van der Waals surface area contributed by atoms with Crippen molar-refractivity contribution in [1.82, 2.24) is 10.6 Å². The van der Waals surface area contributed by atoms with Crippen LogP contribution in [0, 0.1) is 2.88 Å². The van der Waals surface area contributed by atoms with Crippen molar-refractivity contribution in [3.8, 4) is 0 Å². The molecule has 2 N–H and O–H groups in total. The molecule has 2 aromatic rings. The van der Waals surface area contributed by atoms with Gasteiger partial charge in [-0.25, -0.2) is 0 Å². The predicted molar refractivity (Wildman–Crippen MR) is 119 cm³/mol. The Morgan fingerprint density at radius 3 is 2.79 bits per heavy atom. The first-order valence-electron chi connectivity index (χ1n) is 7.57. The summed E-state index contributed by atoms with van der Waals surface area (Å²) >= 11 is 4.18. The molecule has 0 unspecified atom stereocenters. The summed E-state index contributed by atoms with van der Waals surface area (Å²) < 4.78 is 12.1. The lowest BCUT2D eigenvalue weighted by molar-refractivity contribution is 0.105. The molecule has 0 saturated carbocycles. The molecule has 2 heterocycles. The van der Waals surface area contributed by atoms with E-state index in [0.29, 0.717) is 13.2 Å². The summed E-state index contributed by atoms with van der Waals surface area (Å²) in [6, 6.07) is 8.11. The van der Waals surface area contributed by atoms with Crippen LogP contribution in [0.2, 0.25) is 0 Å².